The number of rotatable bonds is 16. The molecule has 4 amide bonds. The number of hydrogen-bond donors (Lipinski definition) is 6. The van der Waals surface area contributed by atoms with Crippen molar-refractivity contribution in [3.05, 3.63) is 190 Å². The summed E-state index contributed by atoms with van der Waals surface area (Å²) in [5.41, 5.74) is 3.31. The van der Waals surface area contributed by atoms with Gasteiger partial charge in [0.15, 0.2) is 25.4 Å². The Balaban J connectivity index is 0.000000247. The highest BCUT2D eigenvalue weighted by atomic mass is 35.5. The Hall–Kier alpha value is -8.06. The Labute approximate surface area is 433 Å². The van der Waals surface area contributed by atoms with Crippen molar-refractivity contribution < 1.29 is 55.4 Å². The summed E-state index contributed by atoms with van der Waals surface area (Å²) in [5.74, 6) is -3.49. The van der Waals surface area contributed by atoms with Crippen LogP contribution in [0.5, 0.6) is 23.0 Å². The number of phenols is 2. The molecule has 7 aromatic rings. The van der Waals surface area contributed by atoms with Gasteiger partial charge in [-0.05, 0) is 112 Å². The van der Waals surface area contributed by atoms with Gasteiger partial charge in [0, 0.05) is 29.3 Å². The predicted molar refractivity (Wildman–Crippen MR) is 283 cm³/mol. The number of carbonyl (C=O) groups excluding carboxylic acids is 4. The van der Waals surface area contributed by atoms with Crippen LogP contribution in [0.3, 0.4) is 0 Å². The van der Waals surface area contributed by atoms with E-state index in [-0.39, 0.29) is 67.5 Å². The lowest BCUT2D eigenvalue weighted by atomic mass is 10.1. The van der Waals surface area contributed by atoms with E-state index < -0.39 is 65.4 Å². The second-order valence-corrected chi connectivity index (χ2v) is 21.6. The molecule has 2 unspecified atom stereocenters. The SMILES string of the molecule is CCC(C(=O)Nc1cc(O)c(NC(=O)c2ccc(F)cc2)cc1Oc1ccc(C)cc1)S(=O)(=O)c1ccc(C)cc1.CCC(C(=O)Nc1cc(O)c(NC(=O)c2ccccc2)cc1Cl)S(=O)(=O)c1ccc(C)cc1. The van der Waals surface area contributed by atoms with Crippen molar-refractivity contribution in [3.8, 4) is 23.0 Å². The molecule has 0 saturated carbocycles. The van der Waals surface area contributed by atoms with Gasteiger partial charge in [-0.1, -0.05) is 96.7 Å². The van der Waals surface area contributed by atoms with Gasteiger partial charge in [-0.3, -0.25) is 19.2 Å². The molecule has 7 rings (SSSR count). The fourth-order valence-corrected chi connectivity index (χ4v) is 10.7. The van der Waals surface area contributed by atoms with Crippen molar-refractivity contribution in [2.24, 2.45) is 0 Å². The third-order valence-corrected chi connectivity index (χ3v) is 16.1. The number of halogens is 2. The molecule has 0 radical (unpaired) electrons. The Morgan fingerprint density at radius 2 is 0.932 bits per heavy atom. The van der Waals surface area contributed by atoms with Gasteiger partial charge in [0.25, 0.3) is 11.8 Å². The highest BCUT2D eigenvalue weighted by Crippen LogP contribution is 2.40. The van der Waals surface area contributed by atoms with E-state index in [1.54, 1.807) is 80.6 Å². The molecule has 0 heterocycles. The summed E-state index contributed by atoms with van der Waals surface area (Å²) < 4.78 is 71.8. The maximum atomic E-state index is 13.3. The van der Waals surface area contributed by atoms with Crippen LogP contribution < -0.4 is 26.0 Å². The van der Waals surface area contributed by atoms with Crippen molar-refractivity contribution in [1.29, 1.82) is 0 Å². The summed E-state index contributed by atoms with van der Waals surface area (Å²) in [6.45, 7) is 8.75. The van der Waals surface area contributed by atoms with Crippen LogP contribution in [0.2, 0.25) is 5.02 Å². The molecule has 384 valence electrons. The molecular formula is C55H52ClFN4O11S2. The zero-order valence-electron chi connectivity index (χ0n) is 40.6. The summed E-state index contributed by atoms with van der Waals surface area (Å²) in [6, 6.07) is 37.6. The number of hydrogen-bond acceptors (Lipinski definition) is 11. The number of nitrogens with one attached hydrogen (secondary N) is 4. The maximum absolute atomic E-state index is 13.3. The van der Waals surface area contributed by atoms with E-state index >= 15 is 0 Å². The van der Waals surface area contributed by atoms with Gasteiger partial charge < -0.3 is 36.2 Å². The molecule has 0 aliphatic heterocycles. The van der Waals surface area contributed by atoms with Gasteiger partial charge >= 0.3 is 0 Å². The van der Waals surface area contributed by atoms with Crippen LogP contribution in [-0.2, 0) is 29.3 Å². The summed E-state index contributed by atoms with van der Waals surface area (Å²) in [4.78, 5) is 51.3. The average Bonchev–Trinajstić information content (AvgIpc) is 3.36. The number of carbonyl (C=O) groups is 4. The minimum atomic E-state index is -4.03. The zero-order chi connectivity index (χ0) is 53.9. The van der Waals surface area contributed by atoms with Crippen LogP contribution in [-0.4, -0.2) is 61.2 Å². The monoisotopic (exact) mass is 1060 g/mol. The van der Waals surface area contributed by atoms with Crippen molar-refractivity contribution in [1.82, 2.24) is 0 Å². The number of aromatic hydroxyl groups is 2. The second-order valence-electron chi connectivity index (χ2n) is 16.9. The van der Waals surface area contributed by atoms with Crippen molar-refractivity contribution >= 4 is 77.7 Å². The van der Waals surface area contributed by atoms with E-state index in [9.17, 15) is 50.6 Å². The van der Waals surface area contributed by atoms with Crippen LogP contribution in [0.25, 0.3) is 0 Å². The molecule has 6 N–H and O–H groups in total. The molecular weight excluding hydrogens is 1010 g/mol. The Bertz CT molecular complexity index is 3400. The number of aryl methyl sites for hydroxylation is 3. The first-order valence-corrected chi connectivity index (χ1v) is 26.4. The third kappa shape index (κ3) is 13.7. The summed E-state index contributed by atoms with van der Waals surface area (Å²) in [6.07, 6.45) is 0.0326. The number of ether oxygens (including phenoxy) is 1. The van der Waals surface area contributed by atoms with Crippen molar-refractivity contribution in [3.63, 3.8) is 0 Å². The number of amides is 4. The molecule has 2 atom stereocenters. The second kappa shape index (κ2) is 24.1. The number of sulfone groups is 2. The maximum Gasteiger partial charge on any atom is 0.255 e. The molecule has 7 aromatic carbocycles. The highest BCUT2D eigenvalue weighted by molar-refractivity contribution is 7.93. The van der Waals surface area contributed by atoms with E-state index in [4.69, 9.17) is 16.3 Å². The molecule has 0 bridgehead atoms. The van der Waals surface area contributed by atoms with Crippen molar-refractivity contribution in [2.75, 3.05) is 21.3 Å². The number of benzene rings is 7. The van der Waals surface area contributed by atoms with Crippen LogP contribution in [0.1, 0.15) is 64.1 Å². The van der Waals surface area contributed by atoms with E-state index in [0.717, 1.165) is 41.0 Å². The lowest BCUT2D eigenvalue weighted by Crippen LogP contribution is -2.34. The first kappa shape index (κ1) is 55.3. The summed E-state index contributed by atoms with van der Waals surface area (Å²) in [5, 5.41) is 28.5. The minimum Gasteiger partial charge on any atom is -0.506 e. The minimum absolute atomic E-state index is 0.00596. The highest BCUT2D eigenvalue weighted by Gasteiger charge is 2.35. The Morgan fingerprint density at radius 1 is 0.527 bits per heavy atom. The molecule has 0 aliphatic rings. The molecule has 0 fully saturated rings. The zero-order valence-corrected chi connectivity index (χ0v) is 43.0. The fraction of sp³-hybridized carbons (Fsp3) is 0.164. The van der Waals surface area contributed by atoms with Gasteiger partial charge in [0.1, 0.15) is 33.6 Å². The largest absolute Gasteiger partial charge is 0.506 e. The van der Waals surface area contributed by atoms with E-state index in [2.05, 4.69) is 21.3 Å². The van der Waals surface area contributed by atoms with Gasteiger partial charge in [-0.2, -0.15) is 0 Å². The standard InChI is InChI=1S/C31H29FN2O6S.C24H23ClN2O5S/c1-4-29(41(38,39)24-15-7-20(3)8-16-24)31(37)34-26-17-27(35)25(33-30(36)21-9-11-22(32)12-10-21)18-28(26)40-23-13-5-19(2)6-14-23;1-3-22(33(31,32)17-11-9-15(2)10-12-17)24(30)26-19-14-21(28)20(13-18(19)25)27-23(29)16-7-5-4-6-8-16/h5-18,29,35H,4H2,1-3H3,(H,33,36)(H,34,37);4-14,22,28H,3H2,1-2H3,(H,26,30)(H,27,29). The van der Waals surface area contributed by atoms with Crippen LogP contribution in [0, 0.1) is 26.6 Å². The third-order valence-electron chi connectivity index (χ3n) is 11.4. The molecule has 19 heteroatoms. The Morgan fingerprint density at radius 3 is 1.39 bits per heavy atom. The van der Waals surface area contributed by atoms with Crippen LogP contribution in [0.4, 0.5) is 27.1 Å². The summed E-state index contributed by atoms with van der Waals surface area (Å²) >= 11 is 6.24. The molecule has 0 spiro atoms. The van der Waals surface area contributed by atoms with Crippen LogP contribution >= 0.6 is 11.6 Å². The molecule has 0 saturated heterocycles. The van der Waals surface area contributed by atoms with E-state index in [1.165, 1.54) is 48.5 Å². The smallest absolute Gasteiger partial charge is 0.255 e. The molecule has 0 aromatic heterocycles. The lowest BCUT2D eigenvalue weighted by Gasteiger charge is -2.19. The van der Waals surface area contributed by atoms with Gasteiger partial charge in [0.2, 0.25) is 11.8 Å². The number of anilines is 4. The van der Waals surface area contributed by atoms with Crippen molar-refractivity contribution in [2.45, 2.75) is 67.8 Å². The predicted octanol–water partition coefficient (Wildman–Crippen LogP) is 11.2. The molecule has 0 aliphatic carbocycles. The lowest BCUT2D eigenvalue weighted by molar-refractivity contribution is -0.116. The topological polar surface area (TPSA) is 234 Å². The normalized spacial score (nSPS) is 12.0. The van der Waals surface area contributed by atoms with E-state index in [0.29, 0.717) is 11.3 Å². The molecule has 15 nitrogen and oxygen atoms in total. The average molecular weight is 1060 g/mol. The van der Waals surface area contributed by atoms with Crippen LogP contribution in [0.15, 0.2) is 161 Å². The number of phenolic OH excluding ortho intramolecular Hbond substituents is 2. The quantitative estimate of drug-likeness (QED) is 0.0498. The van der Waals surface area contributed by atoms with Gasteiger partial charge in [-0.15, -0.1) is 0 Å². The fourth-order valence-electron chi connectivity index (χ4n) is 7.22. The first-order chi connectivity index (χ1) is 35.1. The first-order valence-electron chi connectivity index (χ1n) is 22.9. The van der Waals surface area contributed by atoms with Gasteiger partial charge in [0.05, 0.1) is 37.6 Å². The Kier molecular flexibility index (Phi) is 18.0. The van der Waals surface area contributed by atoms with Gasteiger partial charge in [-0.25, -0.2) is 21.2 Å². The molecule has 74 heavy (non-hydrogen) atoms. The van der Waals surface area contributed by atoms with E-state index in [1.807, 2.05) is 32.9 Å². The summed E-state index contributed by atoms with van der Waals surface area (Å²) in [7, 11) is -7.97.